The second-order valence-electron chi connectivity index (χ2n) is 5.45. The number of aromatic amines is 1. The van der Waals surface area contributed by atoms with Crippen molar-refractivity contribution in [3.8, 4) is 5.75 Å². The van der Waals surface area contributed by atoms with E-state index in [-0.39, 0.29) is 5.78 Å². The SMILES string of the molecule is COc1cc(C)c2[nH]c(C)c(C(=O)CNC(C)C)c2c1. The van der Waals surface area contributed by atoms with Gasteiger partial charge in [0.2, 0.25) is 0 Å². The van der Waals surface area contributed by atoms with E-state index >= 15 is 0 Å². The smallest absolute Gasteiger partial charge is 0.179 e. The maximum Gasteiger partial charge on any atom is 0.179 e. The first-order chi connectivity index (χ1) is 9.43. The predicted octanol–water partition coefficient (Wildman–Crippen LogP) is 2.97. The van der Waals surface area contributed by atoms with E-state index in [1.54, 1.807) is 7.11 Å². The zero-order chi connectivity index (χ0) is 14.9. The normalized spacial score (nSPS) is 11.3. The molecule has 1 aromatic heterocycles. The number of hydrogen-bond acceptors (Lipinski definition) is 3. The lowest BCUT2D eigenvalue weighted by molar-refractivity contribution is 0.0989. The number of carbonyl (C=O) groups is 1. The number of ketones is 1. The van der Waals surface area contributed by atoms with Crippen LogP contribution in [0.4, 0.5) is 0 Å². The first-order valence-electron chi connectivity index (χ1n) is 6.87. The summed E-state index contributed by atoms with van der Waals surface area (Å²) < 4.78 is 5.30. The van der Waals surface area contributed by atoms with Crippen LogP contribution in [0.3, 0.4) is 0 Å². The minimum Gasteiger partial charge on any atom is -0.497 e. The summed E-state index contributed by atoms with van der Waals surface area (Å²) >= 11 is 0. The first kappa shape index (κ1) is 14.6. The number of fused-ring (bicyclic) bond motifs is 1. The van der Waals surface area contributed by atoms with Gasteiger partial charge in [-0.15, -0.1) is 0 Å². The Hall–Kier alpha value is -1.81. The summed E-state index contributed by atoms with van der Waals surface area (Å²) in [6.45, 7) is 8.36. The molecule has 0 saturated heterocycles. The Bertz CT molecular complexity index is 641. The van der Waals surface area contributed by atoms with E-state index in [0.717, 1.165) is 33.5 Å². The lowest BCUT2D eigenvalue weighted by atomic mass is 10.0. The van der Waals surface area contributed by atoms with Crippen LogP contribution in [0.5, 0.6) is 5.75 Å². The minimum absolute atomic E-state index is 0.107. The number of aromatic nitrogens is 1. The maximum atomic E-state index is 12.4. The third kappa shape index (κ3) is 2.70. The van der Waals surface area contributed by atoms with Gasteiger partial charge < -0.3 is 15.0 Å². The number of benzene rings is 1. The van der Waals surface area contributed by atoms with Crippen molar-refractivity contribution in [3.05, 3.63) is 29.0 Å². The molecule has 0 spiro atoms. The molecule has 2 rings (SSSR count). The van der Waals surface area contributed by atoms with Gasteiger partial charge in [-0.3, -0.25) is 4.79 Å². The van der Waals surface area contributed by atoms with Crippen molar-refractivity contribution in [3.63, 3.8) is 0 Å². The highest BCUT2D eigenvalue weighted by atomic mass is 16.5. The summed E-state index contributed by atoms with van der Waals surface area (Å²) in [5, 5.41) is 4.11. The molecule has 4 heteroatoms. The van der Waals surface area contributed by atoms with Gasteiger partial charge >= 0.3 is 0 Å². The number of Topliss-reactive ketones (excluding diaryl/α,β-unsaturated/α-hetero) is 1. The second-order valence-corrected chi connectivity index (χ2v) is 5.45. The molecule has 4 nitrogen and oxygen atoms in total. The van der Waals surface area contributed by atoms with Gasteiger partial charge in [0.15, 0.2) is 5.78 Å². The van der Waals surface area contributed by atoms with Crippen LogP contribution in [0.2, 0.25) is 0 Å². The lowest BCUT2D eigenvalue weighted by Gasteiger charge is -2.08. The third-order valence-corrected chi connectivity index (χ3v) is 3.45. The van der Waals surface area contributed by atoms with Gasteiger partial charge in [0.25, 0.3) is 0 Å². The summed E-state index contributed by atoms with van der Waals surface area (Å²) in [5.41, 5.74) is 3.76. The number of methoxy groups -OCH3 is 1. The van der Waals surface area contributed by atoms with Gasteiger partial charge in [-0.25, -0.2) is 0 Å². The Morgan fingerprint density at radius 3 is 2.65 bits per heavy atom. The Balaban J connectivity index is 2.49. The fourth-order valence-corrected chi connectivity index (χ4v) is 2.43. The highest BCUT2D eigenvalue weighted by Gasteiger charge is 2.18. The van der Waals surface area contributed by atoms with E-state index in [2.05, 4.69) is 10.3 Å². The fourth-order valence-electron chi connectivity index (χ4n) is 2.43. The van der Waals surface area contributed by atoms with Crippen molar-refractivity contribution in [2.45, 2.75) is 33.7 Å². The molecule has 0 aliphatic rings. The summed E-state index contributed by atoms with van der Waals surface area (Å²) in [7, 11) is 1.64. The third-order valence-electron chi connectivity index (χ3n) is 3.45. The summed E-state index contributed by atoms with van der Waals surface area (Å²) in [6.07, 6.45) is 0. The van der Waals surface area contributed by atoms with Gasteiger partial charge in [-0.05, 0) is 31.5 Å². The van der Waals surface area contributed by atoms with Crippen LogP contribution >= 0.6 is 0 Å². The van der Waals surface area contributed by atoms with Crippen LogP contribution in [0.25, 0.3) is 10.9 Å². The molecule has 0 atom stereocenters. The number of aryl methyl sites for hydroxylation is 2. The van der Waals surface area contributed by atoms with E-state index in [0.29, 0.717) is 12.6 Å². The Labute approximate surface area is 119 Å². The average molecular weight is 274 g/mol. The Morgan fingerprint density at radius 1 is 1.35 bits per heavy atom. The van der Waals surface area contributed by atoms with Crippen LogP contribution < -0.4 is 10.1 Å². The van der Waals surface area contributed by atoms with Crippen molar-refractivity contribution in [2.75, 3.05) is 13.7 Å². The van der Waals surface area contributed by atoms with Gasteiger partial charge in [0.1, 0.15) is 5.75 Å². The Kier molecular flexibility index (Phi) is 4.14. The summed E-state index contributed by atoms with van der Waals surface area (Å²) in [5.74, 6) is 0.884. The number of ether oxygens (including phenoxy) is 1. The van der Waals surface area contributed by atoms with Crippen molar-refractivity contribution in [2.24, 2.45) is 0 Å². The van der Waals surface area contributed by atoms with Crippen molar-refractivity contribution < 1.29 is 9.53 Å². The van der Waals surface area contributed by atoms with E-state index in [1.807, 2.05) is 39.8 Å². The molecule has 0 fully saturated rings. The number of carbonyl (C=O) groups excluding carboxylic acids is 1. The zero-order valence-corrected chi connectivity index (χ0v) is 12.8. The molecule has 0 saturated carbocycles. The van der Waals surface area contributed by atoms with E-state index in [4.69, 9.17) is 4.74 Å². The summed E-state index contributed by atoms with van der Waals surface area (Å²) in [4.78, 5) is 15.7. The van der Waals surface area contributed by atoms with Gasteiger partial charge in [0.05, 0.1) is 13.7 Å². The van der Waals surface area contributed by atoms with Crippen molar-refractivity contribution in [1.82, 2.24) is 10.3 Å². The van der Waals surface area contributed by atoms with Crippen LogP contribution in [-0.4, -0.2) is 30.5 Å². The second kappa shape index (κ2) is 5.67. The first-order valence-corrected chi connectivity index (χ1v) is 6.87. The van der Waals surface area contributed by atoms with E-state index in [1.165, 1.54) is 0 Å². The molecule has 0 aliphatic heterocycles. The van der Waals surface area contributed by atoms with Gasteiger partial charge in [0, 0.05) is 28.2 Å². The van der Waals surface area contributed by atoms with Crippen molar-refractivity contribution >= 4 is 16.7 Å². The molecule has 2 aromatic rings. The summed E-state index contributed by atoms with van der Waals surface area (Å²) in [6, 6.07) is 4.19. The molecule has 0 aliphatic carbocycles. The van der Waals surface area contributed by atoms with Gasteiger partial charge in [-0.1, -0.05) is 13.8 Å². The van der Waals surface area contributed by atoms with Crippen LogP contribution in [-0.2, 0) is 0 Å². The molecular formula is C16H22N2O2. The molecule has 0 bridgehead atoms. The quantitative estimate of drug-likeness (QED) is 0.824. The predicted molar refractivity (Wildman–Crippen MR) is 81.8 cm³/mol. The minimum atomic E-state index is 0.107. The highest BCUT2D eigenvalue weighted by molar-refractivity contribution is 6.11. The lowest BCUT2D eigenvalue weighted by Crippen LogP contribution is -2.29. The monoisotopic (exact) mass is 274 g/mol. The zero-order valence-electron chi connectivity index (χ0n) is 12.8. The highest BCUT2D eigenvalue weighted by Crippen LogP contribution is 2.29. The average Bonchev–Trinajstić information content (AvgIpc) is 2.72. The molecule has 108 valence electrons. The molecule has 0 radical (unpaired) electrons. The van der Waals surface area contributed by atoms with Crippen molar-refractivity contribution in [1.29, 1.82) is 0 Å². The van der Waals surface area contributed by atoms with E-state index < -0.39 is 0 Å². The number of H-pyrrole nitrogens is 1. The molecule has 2 N–H and O–H groups in total. The number of rotatable bonds is 5. The molecule has 0 amide bonds. The molecule has 1 aromatic carbocycles. The largest absolute Gasteiger partial charge is 0.497 e. The maximum absolute atomic E-state index is 12.4. The molecular weight excluding hydrogens is 252 g/mol. The van der Waals surface area contributed by atoms with Crippen LogP contribution in [0.15, 0.2) is 12.1 Å². The van der Waals surface area contributed by atoms with Crippen LogP contribution in [0.1, 0.15) is 35.5 Å². The number of nitrogens with one attached hydrogen (secondary N) is 2. The molecule has 0 unspecified atom stereocenters. The van der Waals surface area contributed by atoms with Crippen LogP contribution in [0, 0.1) is 13.8 Å². The number of hydrogen-bond donors (Lipinski definition) is 2. The molecule has 1 heterocycles. The standard InChI is InChI=1S/C16H22N2O2/c1-9(2)17-8-14(19)15-11(4)18-16-10(3)6-12(20-5)7-13(15)16/h6-7,9,17-18H,8H2,1-5H3. The van der Waals surface area contributed by atoms with E-state index in [9.17, 15) is 4.79 Å². The molecule has 20 heavy (non-hydrogen) atoms. The van der Waals surface area contributed by atoms with Gasteiger partial charge in [-0.2, -0.15) is 0 Å². The fraction of sp³-hybridized carbons (Fsp3) is 0.438. The topological polar surface area (TPSA) is 54.1 Å². The Morgan fingerprint density at radius 2 is 2.05 bits per heavy atom.